The summed E-state index contributed by atoms with van der Waals surface area (Å²) >= 11 is 0. The van der Waals surface area contributed by atoms with Crippen molar-refractivity contribution in [1.29, 1.82) is 0 Å². The Labute approximate surface area is 94.8 Å². The third-order valence-electron chi connectivity index (χ3n) is 3.21. The van der Waals surface area contributed by atoms with Crippen LogP contribution in [0.2, 0.25) is 0 Å². The van der Waals surface area contributed by atoms with Gasteiger partial charge in [0.25, 0.3) is 5.91 Å². The van der Waals surface area contributed by atoms with Gasteiger partial charge in [0.05, 0.1) is 5.69 Å². The van der Waals surface area contributed by atoms with E-state index in [4.69, 9.17) is 11.5 Å². The lowest BCUT2D eigenvalue weighted by Crippen LogP contribution is -2.29. The monoisotopic (exact) mass is 222 g/mol. The van der Waals surface area contributed by atoms with Gasteiger partial charge < -0.3 is 16.0 Å². The van der Waals surface area contributed by atoms with Crippen LogP contribution in [0.15, 0.2) is 6.20 Å². The summed E-state index contributed by atoms with van der Waals surface area (Å²) < 4.78 is 1.92. The lowest BCUT2D eigenvalue weighted by atomic mass is 9.91. The van der Waals surface area contributed by atoms with Crippen LogP contribution in [-0.2, 0) is 0 Å². The van der Waals surface area contributed by atoms with Gasteiger partial charge in [-0.1, -0.05) is 0 Å². The van der Waals surface area contributed by atoms with Gasteiger partial charge in [-0.15, -0.1) is 0 Å². The van der Waals surface area contributed by atoms with Crippen LogP contribution in [-0.4, -0.2) is 21.5 Å². The predicted molar refractivity (Wildman–Crippen MR) is 61.0 cm³/mol. The molecule has 1 aromatic rings. The summed E-state index contributed by atoms with van der Waals surface area (Å²) in [5.74, 6) is -0.0825. The first-order chi connectivity index (χ1) is 7.58. The molecule has 0 aromatic carbocycles. The van der Waals surface area contributed by atoms with Crippen molar-refractivity contribution in [2.24, 2.45) is 11.5 Å². The van der Waals surface area contributed by atoms with E-state index in [1.807, 2.05) is 17.7 Å². The second-order valence-corrected chi connectivity index (χ2v) is 4.55. The molecule has 0 saturated heterocycles. The Balaban J connectivity index is 2.22. The fraction of sp³-hybridized carbons (Fsp3) is 0.636. The van der Waals surface area contributed by atoms with E-state index in [9.17, 15) is 4.79 Å². The van der Waals surface area contributed by atoms with Crippen LogP contribution < -0.4 is 11.5 Å². The summed E-state index contributed by atoms with van der Waals surface area (Å²) in [6.45, 7) is 1.87. The number of carbonyl (C=O) groups excluding carboxylic acids is 1. The number of hydrogen-bond donors (Lipinski definition) is 2. The van der Waals surface area contributed by atoms with Crippen LogP contribution in [0.4, 0.5) is 0 Å². The summed E-state index contributed by atoms with van der Waals surface area (Å²) in [5.41, 5.74) is 12.0. The molecule has 1 heterocycles. The maximum absolute atomic E-state index is 11.3. The molecule has 0 radical (unpaired) electrons. The minimum Gasteiger partial charge on any atom is -0.363 e. The number of amides is 1. The first-order valence-electron chi connectivity index (χ1n) is 5.69. The Kier molecular flexibility index (Phi) is 2.96. The SMILES string of the molecule is Cc1cn(C2CCC(N)CC2)c(C(N)=O)n1. The number of nitrogens with two attached hydrogens (primary N) is 2. The molecular weight excluding hydrogens is 204 g/mol. The fourth-order valence-corrected chi connectivity index (χ4v) is 2.36. The molecule has 0 spiro atoms. The molecule has 1 aliphatic rings. The van der Waals surface area contributed by atoms with Crippen LogP contribution >= 0.6 is 0 Å². The highest BCUT2D eigenvalue weighted by molar-refractivity contribution is 5.89. The lowest BCUT2D eigenvalue weighted by molar-refractivity contribution is 0.0982. The molecule has 1 saturated carbocycles. The fourth-order valence-electron chi connectivity index (χ4n) is 2.36. The molecule has 1 amide bonds. The average molecular weight is 222 g/mol. The second-order valence-electron chi connectivity index (χ2n) is 4.55. The van der Waals surface area contributed by atoms with Gasteiger partial charge in [0, 0.05) is 18.3 Å². The standard InChI is InChI=1S/C11H18N4O/c1-7-6-15(11(14-7)10(13)16)9-4-2-8(12)3-5-9/h6,8-9H,2-5,12H2,1H3,(H2,13,16). The molecule has 1 aromatic heterocycles. The highest BCUT2D eigenvalue weighted by Gasteiger charge is 2.23. The van der Waals surface area contributed by atoms with E-state index < -0.39 is 5.91 Å². The van der Waals surface area contributed by atoms with Crippen molar-refractivity contribution in [3.63, 3.8) is 0 Å². The summed E-state index contributed by atoms with van der Waals surface area (Å²) in [5, 5.41) is 0. The van der Waals surface area contributed by atoms with Crippen molar-refractivity contribution in [2.45, 2.75) is 44.7 Å². The zero-order chi connectivity index (χ0) is 11.7. The molecule has 16 heavy (non-hydrogen) atoms. The predicted octanol–water partition coefficient (Wildman–Crippen LogP) is 0.733. The van der Waals surface area contributed by atoms with Gasteiger partial charge in [0.2, 0.25) is 0 Å². The van der Waals surface area contributed by atoms with Gasteiger partial charge in [0.1, 0.15) is 0 Å². The van der Waals surface area contributed by atoms with E-state index in [-0.39, 0.29) is 0 Å². The Morgan fingerprint density at radius 1 is 1.44 bits per heavy atom. The number of imidazole rings is 1. The molecule has 5 nitrogen and oxygen atoms in total. The maximum Gasteiger partial charge on any atom is 0.284 e. The quantitative estimate of drug-likeness (QED) is 0.773. The third-order valence-corrected chi connectivity index (χ3v) is 3.21. The molecule has 1 aliphatic carbocycles. The molecule has 0 unspecified atom stereocenters. The topological polar surface area (TPSA) is 86.9 Å². The van der Waals surface area contributed by atoms with Crippen LogP contribution in [0.1, 0.15) is 48.0 Å². The van der Waals surface area contributed by atoms with Gasteiger partial charge in [-0.2, -0.15) is 0 Å². The Hall–Kier alpha value is -1.36. The van der Waals surface area contributed by atoms with Crippen molar-refractivity contribution in [1.82, 2.24) is 9.55 Å². The van der Waals surface area contributed by atoms with Gasteiger partial charge in [-0.3, -0.25) is 4.79 Å². The smallest absolute Gasteiger partial charge is 0.284 e. The summed E-state index contributed by atoms with van der Waals surface area (Å²) in [4.78, 5) is 15.4. The first kappa shape index (κ1) is 11.1. The molecule has 2 rings (SSSR count). The third kappa shape index (κ3) is 2.09. The summed E-state index contributed by atoms with van der Waals surface area (Å²) in [6, 6.07) is 0.626. The van der Waals surface area contributed by atoms with Crippen LogP contribution in [0.5, 0.6) is 0 Å². The molecule has 1 fully saturated rings. The molecule has 88 valence electrons. The Morgan fingerprint density at radius 3 is 2.62 bits per heavy atom. The number of aryl methyl sites for hydroxylation is 1. The number of hydrogen-bond acceptors (Lipinski definition) is 3. The Morgan fingerprint density at radius 2 is 2.06 bits per heavy atom. The van der Waals surface area contributed by atoms with E-state index in [2.05, 4.69) is 4.98 Å². The molecular formula is C11H18N4O. The zero-order valence-corrected chi connectivity index (χ0v) is 9.52. The van der Waals surface area contributed by atoms with Crippen LogP contribution in [0.3, 0.4) is 0 Å². The van der Waals surface area contributed by atoms with E-state index >= 15 is 0 Å². The number of rotatable bonds is 2. The van der Waals surface area contributed by atoms with Gasteiger partial charge in [-0.05, 0) is 32.6 Å². The maximum atomic E-state index is 11.3. The lowest BCUT2D eigenvalue weighted by Gasteiger charge is -2.27. The van der Waals surface area contributed by atoms with Crippen LogP contribution in [0.25, 0.3) is 0 Å². The van der Waals surface area contributed by atoms with Gasteiger partial charge in [0.15, 0.2) is 5.82 Å². The van der Waals surface area contributed by atoms with Crippen molar-refractivity contribution in [3.05, 3.63) is 17.7 Å². The number of primary amides is 1. The molecule has 0 atom stereocenters. The van der Waals surface area contributed by atoms with E-state index in [1.165, 1.54) is 0 Å². The van der Waals surface area contributed by atoms with Gasteiger partial charge >= 0.3 is 0 Å². The Bertz CT molecular complexity index is 391. The highest BCUT2D eigenvalue weighted by Crippen LogP contribution is 2.28. The van der Waals surface area contributed by atoms with Crippen molar-refractivity contribution < 1.29 is 4.79 Å². The van der Waals surface area contributed by atoms with Crippen molar-refractivity contribution >= 4 is 5.91 Å². The zero-order valence-electron chi connectivity index (χ0n) is 9.52. The van der Waals surface area contributed by atoms with E-state index in [1.54, 1.807) is 0 Å². The summed E-state index contributed by atoms with van der Waals surface area (Å²) in [7, 11) is 0. The van der Waals surface area contributed by atoms with E-state index in [0.717, 1.165) is 31.4 Å². The number of carbonyl (C=O) groups is 1. The molecule has 0 aliphatic heterocycles. The number of nitrogens with zero attached hydrogens (tertiary/aromatic N) is 2. The van der Waals surface area contributed by atoms with Crippen LogP contribution in [0, 0.1) is 6.92 Å². The minimum atomic E-state index is -0.456. The average Bonchev–Trinajstić information content (AvgIpc) is 2.61. The van der Waals surface area contributed by atoms with Crippen molar-refractivity contribution in [2.75, 3.05) is 0 Å². The summed E-state index contributed by atoms with van der Waals surface area (Å²) in [6.07, 6.45) is 5.90. The normalized spacial score (nSPS) is 25.6. The molecule has 0 bridgehead atoms. The van der Waals surface area contributed by atoms with Crippen molar-refractivity contribution in [3.8, 4) is 0 Å². The molecule has 4 N–H and O–H groups in total. The second kappa shape index (κ2) is 4.25. The van der Waals surface area contributed by atoms with Gasteiger partial charge in [-0.25, -0.2) is 4.98 Å². The van der Waals surface area contributed by atoms with E-state index in [0.29, 0.717) is 17.9 Å². The number of aromatic nitrogens is 2. The molecule has 5 heteroatoms. The largest absolute Gasteiger partial charge is 0.363 e. The first-order valence-corrected chi connectivity index (χ1v) is 5.69. The highest BCUT2D eigenvalue weighted by atomic mass is 16.1. The minimum absolute atomic E-state index is 0.304.